The summed E-state index contributed by atoms with van der Waals surface area (Å²) in [6, 6.07) is 0. The molecule has 0 saturated heterocycles. The Labute approximate surface area is 50.3 Å². The second-order valence-corrected chi connectivity index (χ2v) is 2.76. The Balaban J connectivity index is 0. The summed E-state index contributed by atoms with van der Waals surface area (Å²) in [7, 11) is 0. The van der Waals surface area contributed by atoms with Crippen molar-refractivity contribution >= 4 is 27.3 Å². The third kappa shape index (κ3) is 9.63. The minimum Gasteiger partial charge on any atom is 0 e. The van der Waals surface area contributed by atoms with Crippen LogP contribution in [0.3, 0.4) is 0 Å². The summed E-state index contributed by atoms with van der Waals surface area (Å²) in [5.74, 6) is 0. The molecular formula is H2As2ORu. The van der Waals surface area contributed by atoms with Gasteiger partial charge < -0.3 is 0 Å². The minimum absolute atomic E-state index is 0. The Bertz CT molecular complexity index is 27.0. The van der Waals surface area contributed by atoms with Crippen LogP contribution < -0.4 is 0 Å². The van der Waals surface area contributed by atoms with E-state index in [-0.39, 0.29) is 19.5 Å². The van der Waals surface area contributed by atoms with Crippen LogP contribution >= 0.6 is 0 Å². The number of hydrogen-bond donors (Lipinski definition) is 0. The van der Waals surface area contributed by atoms with Crippen molar-refractivity contribution in [3.05, 3.63) is 0 Å². The van der Waals surface area contributed by atoms with E-state index in [2.05, 4.69) is 0 Å². The van der Waals surface area contributed by atoms with Crippen LogP contribution in [0.1, 0.15) is 0 Å². The van der Waals surface area contributed by atoms with Crippen molar-refractivity contribution in [1.29, 1.82) is 0 Å². The maximum atomic E-state index is 9.06. The summed E-state index contributed by atoms with van der Waals surface area (Å²) in [5, 5.41) is 0. The third-order valence-corrected chi connectivity index (χ3v) is 0. The zero-order chi connectivity index (χ0) is 2.71. The average Bonchev–Trinajstić information content (AvgIpc) is 0.918. The van der Waals surface area contributed by atoms with Crippen LogP contribution in [0.2, 0.25) is 0 Å². The van der Waals surface area contributed by atoms with Crippen molar-refractivity contribution in [2.24, 2.45) is 0 Å². The Morgan fingerprint density at radius 2 is 1.75 bits per heavy atom. The molecular weight excluding hydrogens is 267 g/mol. The average molecular weight is 269 g/mol. The van der Waals surface area contributed by atoms with Gasteiger partial charge in [-0.25, -0.2) is 0 Å². The Morgan fingerprint density at radius 3 is 1.75 bits per heavy atom. The zero-order valence-corrected chi connectivity index (χ0v) is 7.70. The molecule has 0 spiro atoms. The van der Waals surface area contributed by atoms with E-state index < -0.39 is 13.1 Å². The predicted molar refractivity (Wildman–Crippen MR) is 15.0 cm³/mol. The van der Waals surface area contributed by atoms with E-state index in [0.29, 0.717) is 0 Å². The van der Waals surface area contributed by atoms with Gasteiger partial charge >= 0.3 is 31.1 Å². The monoisotopic (exact) mass is 270 g/mol. The van der Waals surface area contributed by atoms with E-state index in [0.717, 1.165) is 0 Å². The molecule has 0 heterocycles. The molecule has 0 aromatic rings. The molecule has 0 amide bonds. The van der Waals surface area contributed by atoms with Crippen molar-refractivity contribution in [2.75, 3.05) is 0 Å². The maximum absolute atomic E-state index is 9.06. The number of rotatable bonds is 0. The van der Waals surface area contributed by atoms with Crippen molar-refractivity contribution in [1.82, 2.24) is 0 Å². The second-order valence-electron chi connectivity index (χ2n) is 0.102. The molecule has 0 bridgehead atoms. The molecule has 4 heteroatoms. The largest absolute Gasteiger partial charge is 0 e. The normalized spacial score (nSPS) is 5.00. The first-order valence-electron chi connectivity index (χ1n) is 0.454. The molecule has 0 saturated carbocycles. The topological polar surface area (TPSA) is 17.1 Å². The smallest absolute Gasteiger partial charge is 0 e. The van der Waals surface area contributed by atoms with Gasteiger partial charge in [0.25, 0.3) is 0 Å². The molecule has 0 aromatic heterocycles. The molecule has 0 N–H and O–H groups in total. The maximum Gasteiger partial charge on any atom is 0 e. The molecule has 0 aromatic carbocycles. The van der Waals surface area contributed by atoms with Gasteiger partial charge in [-0.15, -0.1) is 0 Å². The quantitative estimate of drug-likeness (QED) is 0.493. The van der Waals surface area contributed by atoms with E-state index in [1.165, 1.54) is 0 Å². The SMILES string of the molecule is O=[AsH]=[AsH].[Ru]. The van der Waals surface area contributed by atoms with E-state index in [1.54, 1.807) is 14.2 Å². The van der Waals surface area contributed by atoms with Gasteiger partial charge in [-0.2, -0.15) is 0 Å². The van der Waals surface area contributed by atoms with Gasteiger partial charge in [-0.3, -0.25) is 0 Å². The van der Waals surface area contributed by atoms with E-state index in [1.807, 2.05) is 0 Å². The van der Waals surface area contributed by atoms with Gasteiger partial charge in [0.2, 0.25) is 0 Å². The van der Waals surface area contributed by atoms with Crippen molar-refractivity contribution < 1.29 is 23.2 Å². The fraction of sp³-hybridized carbons (Fsp3) is 0. The van der Waals surface area contributed by atoms with Crippen LogP contribution in [-0.4, -0.2) is 27.3 Å². The van der Waals surface area contributed by atoms with Crippen LogP contribution in [0.4, 0.5) is 0 Å². The molecule has 26 valence electrons. The molecule has 4 heavy (non-hydrogen) atoms. The predicted octanol–water partition coefficient (Wildman–Crippen LogP) is -1.42. The summed E-state index contributed by atoms with van der Waals surface area (Å²) in [6.07, 6.45) is 0. The Hall–Kier alpha value is 1.54. The van der Waals surface area contributed by atoms with Crippen LogP contribution in [-0.2, 0) is 23.2 Å². The van der Waals surface area contributed by atoms with Crippen LogP contribution in [0.15, 0.2) is 0 Å². The zero-order valence-electron chi connectivity index (χ0n) is 1.76. The molecule has 0 radical (unpaired) electrons. The van der Waals surface area contributed by atoms with Gasteiger partial charge in [0.1, 0.15) is 0 Å². The molecule has 0 aliphatic rings. The Morgan fingerprint density at radius 1 is 1.75 bits per heavy atom. The molecule has 1 unspecified atom stereocenters. The fourth-order valence-electron chi connectivity index (χ4n) is 0. The molecule has 0 fully saturated rings. The molecule has 0 aliphatic carbocycles. The standard InChI is InChI=1S/As2H2O.Ru/c1-2-3;/h1-2H;. The first-order chi connectivity index (χ1) is 1.41. The van der Waals surface area contributed by atoms with E-state index >= 15 is 0 Å². The van der Waals surface area contributed by atoms with Gasteiger partial charge in [-0.1, -0.05) is 0 Å². The second kappa shape index (κ2) is 8.82. The van der Waals surface area contributed by atoms with Crippen molar-refractivity contribution in [3.63, 3.8) is 0 Å². The first kappa shape index (κ1) is 9.11. The summed E-state index contributed by atoms with van der Waals surface area (Å²) < 4.78 is 9.06. The van der Waals surface area contributed by atoms with Crippen molar-refractivity contribution in [3.8, 4) is 0 Å². The van der Waals surface area contributed by atoms with Gasteiger partial charge in [0, 0.05) is 19.5 Å². The van der Waals surface area contributed by atoms with Crippen LogP contribution in [0.5, 0.6) is 0 Å². The van der Waals surface area contributed by atoms with Gasteiger partial charge in [0.15, 0.2) is 0 Å². The van der Waals surface area contributed by atoms with Gasteiger partial charge in [-0.05, 0) is 0 Å². The van der Waals surface area contributed by atoms with Crippen LogP contribution in [0, 0.1) is 0 Å². The van der Waals surface area contributed by atoms with Crippen molar-refractivity contribution in [2.45, 2.75) is 0 Å². The van der Waals surface area contributed by atoms with Crippen LogP contribution in [0.25, 0.3) is 0 Å². The van der Waals surface area contributed by atoms with E-state index in [9.17, 15) is 0 Å². The third-order valence-electron chi connectivity index (χ3n) is 0. The summed E-state index contributed by atoms with van der Waals surface area (Å²) in [5.41, 5.74) is 0. The minimum atomic E-state index is -0.750. The molecule has 0 aliphatic heterocycles. The molecule has 0 rings (SSSR count). The fourth-order valence-corrected chi connectivity index (χ4v) is 0. The summed E-state index contributed by atoms with van der Waals surface area (Å²) >= 11 is 0.944. The van der Waals surface area contributed by atoms with Gasteiger partial charge in [0.05, 0.1) is 0 Å². The first-order valence-corrected chi connectivity index (χ1v) is 7.81. The number of hydrogen-bond acceptors (Lipinski definition) is 1. The van der Waals surface area contributed by atoms with E-state index in [4.69, 9.17) is 3.74 Å². The Kier molecular flexibility index (Phi) is 20.1. The summed E-state index contributed by atoms with van der Waals surface area (Å²) in [6.45, 7) is 0. The molecule has 1 nitrogen and oxygen atoms in total. The summed E-state index contributed by atoms with van der Waals surface area (Å²) in [4.78, 5) is 0. The molecule has 1 atom stereocenters.